The number of ether oxygens (including phenoxy) is 1. The zero-order chi connectivity index (χ0) is 17.6. The lowest BCUT2D eigenvalue weighted by Crippen LogP contribution is -2.23. The largest absolute Gasteiger partial charge is 0.497 e. The average molecular weight is 338 g/mol. The molecule has 128 valence electrons. The summed E-state index contributed by atoms with van der Waals surface area (Å²) >= 11 is 0. The molecule has 1 aromatic heterocycles. The summed E-state index contributed by atoms with van der Waals surface area (Å²) in [6, 6.07) is 12.1. The first-order chi connectivity index (χ1) is 12.2. The van der Waals surface area contributed by atoms with E-state index in [1.165, 1.54) is 18.2 Å². The van der Waals surface area contributed by atoms with Gasteiger partial charge in [0.1, 0.15) is 11.6 Å². The minimum absolute atomic E-state index is 0.172. The number of methoxy groups -OCH3 is 1. The number of aromatic nitrogens is 1. The zero-order valence-corrected chi connectivity index (χ0v) is 13.9. The molecule has 0 unspecified atom stereocenters. The van der Waals surface area contributed by atoms with Crippen molar-refractivity contribution in [1.82, 2.24) is 10.3 Å². The molecule has 1 heterocycles. The van der Waals surface area contributed by atoms with Gasteiger partial charge in [-0.1, -0.05) is 12.1 Å². The molecule has 1 amide bonds. The molecule has 0 bridgehead atoms. The van der Waals surface area contributed by atoms with Crippen LogP contribution in [0.1, 0.15) is 11.1 Å². The van der Waals surface area contributed by atoms with E-state index >= 15 is 0 Å². The molecule has 0 saturated heterocycles. The topological polar surface area (TPSA) is 54.1 Å². The maximum atomic E-state index is 13.4. The molecule has 5 heteroatoms. The summed E-state index contributed by atoms with van der Waals surface area (Å²) in [6.45, 7) is 0.477. The lowest BCUT2D eigenvalue weighted by atomic mass is 10.1. The van der Waals surface area contributed by atoms with Crippen molar-refractivity contribution in [2.45, 2.75) is 6.42 Å². The number of hydrogen-bond donors (Lipinski definition) is 2. The van der Waals surface area contributed by atoms with Gasteiger partial charge in [-0.15, -0.1) is 0 Å². The van der Waals surface area contributed by atoms with Gasteiger partial charge in [0.25, 0.3) is 0 Å². The van der Waals surface area contributed by atoms with Gasteiger partial charge in [-0.3, -0.25) is 4.79 Å². The molecule has 0 saturated carbocycles. The van der Waals surface area contributed by atoms with E-state index < -0.39 is 0 Å². The lowest BCUT2D eigenvalue weighted by molar-refractivity contribution is -0.116. The molecule has 2 N–H and O–H groups in total. The van der Waals surface area contributed by atoms with Gasteiger partial charge >= 0.3 is 0 Å². The van der Waals surface area contributed by atoms with E-state index in [-0.39, 0.29) is 11.7 Å². The third-order valence-electron chi connectivity index (χ3n) is 3.94. The Hall–Kier alpha value is -3.08. The van der Waals surface area contributed by atoms with E-state index in [0.717, 1.165) is 27.8 Å². The normalized spacial score (nSPS) is 11.1. The van der Waals surface area contributed by atoms with E-state index in [4.69, 9.17) is 4.74 Å². The van der Waals surface area contributed by atoms with Gasteiger partial charge < -0.3 is 15.0 Å². The lowest BCUT2D eigenvalue weighted by Gasteiger charge is -2.02. The van der Waals surface area contributed by atoms with E-state index in [1.807, 2.05) is 30.5 Å². The van der Waals surface area contributed by atoms with Crippen LogP contribution in [-0.4, -0.2) is 24.5 Å². The minimum atomic E-state index is -0.265. The van der Waals surface area contributed by atoms with Crippen LogP contribution in [0.25, 0.3) is 17.0 Å². The zero-order valence-electron chi connectivity index (χ0n) is 13.9. The minimum Gasteiger partial charge on any atom is -0.497 e. The molecule has 0 radical (unpaired) electrons. The van der Waals surface area contributed by atoms with E-state index in [9.17, 15) is 9.18 Å². The van der Waals surface area contributed by atoms with Crippen LogP contribution in [-0.2, 0) is 11.2 Å². The van der Waals surface area contributed by atoms with Crippen LogP contribution >= 0.6 is 0 Å². The van der Waals surface area contributed by atoms with Gasteiger partial charge in [-0.25, -0.2) is 4.39 Å². The fourth-order valence-electron chi connectivity index (χ4n) is 2.65. The number of halogens is 1. The third-order valence-corrected chi connectivity index (χ3v) is 3.94. The van der Waals surface area contributed by atoms with Crippen LogP contribution in [0.5, 0.6) is 5.75 Å². The number of hydrogen-bond acceptors (Lipinski definition) is 2. The molecular formula is C20H19FN2O2. The number of amides is 1. The summed E-state index contributed by atoms with van der Waals surface area (Å²) in [6.07, 6.45) is 5.70. The smallest absolute Gasteiger partial charge is 0.244 e. The molecule has 0 atom stereocenters. The summed E-state index contributed by atoms with van der Waals surface area (Å²) in [5.41, 5.74) is 2.76. The maximum Gasteiger partial charge on any atom is 0.244 e. The van der Waals surface area contributed by atoms with Crippen molar-refractivity contribution >= 4 is 22.9 Å². The second-order valence-electron chi connectivity index (χ2n) is 5.65. The SMILES string of the molecule is COc1cccc(/C=C/C(=O)NCCc2c[nH]c3ccc(F)cc23)c1. The molecule has 0 aliphatic rings. The van der Waals surface area contributed by atoms with Crippen molar-refractivity contribution in [3.05, 3.63) is 71.7 Å². The van der Waals surface area contributed by atoms with E-state index in [1.54, 1.807) is 19.3 Å². The first-order valence-electron chi connectivity index (χ1n) is 8.01. The Morgan fingerprint density at radius 3 is 3.00 bits per heavy atom. The van der Waals surface area contributed by atoms with E-state index in [2.05, 4.69) is 10.3 Å². The van der Waals surface area contributed by atoms with Crippen molar-refractivity contribution in [2.24, 2.45) is 0 Å². The van der Waals surface area contributed by atoms with Crippen molar-refractivity contribution in [3.8, 4) is 5.75 Å². The molecule has 3 aromatic rings. The molecule has 0 spiro atoms. The van der Waals surface area contributed by atoms with Gasteiger partial charge in [-0.2, -0.15) is 0 Å². The predicted molar refractivity (Wildman–Crippen MR) is 97.0 cm³/mol. The fraction of sp³-hybridized carbons (Fsp3) is 0.150. The standard InChI is InChI=1S/C20H19FN2O2/c1-25-17-4-2-3-14(11-17)5-8-20(24)22-10-9-15-13-23-19-7-6-16(21)12-18(15)19/h2-8,11-13,23H,9-10H2,1H3,(H,22,24)/b8-5+. The Morgan fingerprint density at radius 2 is 2.16 bits per heavy atom. The highest BCUT2D eigenvalue weighted by molar-refractivity contribution is 5.91. The van der Waals surface area contributed by atoms with Crippen molar-refractivity contribution in [1.29, 1.82) is 0 Å². The van der Waals surface area contributed by atoms with E-state index in [0.29, 0.717) is 13.0 Å². The molecule has 0 fully saturated rings. The molecule has 2 aromatic carbocycles. The Bertz CT molecular complexity index is 915. The van der Waals surface area contributed by atoms with Crippen LogP contribution < -0.4 is 10.1 Å². The van der Waals surface area contributed by atoms with Gasteiger partial charge in [0.2, 0.25) is 5.91 Å². The number of carbonyl (C=O) groups is 1. The monoisotopic (exact) mass is 338 g/mol. The number of rotatable bonds is 6. The number of nitrogens with one attached hydrogen (secondary N) is 2. The molecule has 0 aliphatic carbocycles. The highest BCUT2D eigenvalue weighted by Crippen LogP contribution is 2.19. The number of benzene rings is 2. The summed E-state index contributed by atoms with van der Waals surface area (Å²) in [7, 11) is 1.60. The highest BCUT2D eigenvalue weighted by atomic mass is 19.1. The Morgan fingerprint density at radius 1 is 1.28 bits per heavy atom. The molecular weight excluding hydrogens is 319 g/mol. The van der Waals surface area contributed by atoms with Crippen LogP contribution in [0.15, 0.2) is 54.7 Å². The van der Waals surface area contributed by atoms with Crippen molar-refractivity contribution in [2.75, 3.05) is 13.7 Å². The first-order valence-corrected chi connectivity index (χ1v) is 8.01. The second-order valence-corrected chi connectivity index (χ2v) is 5.65. The second kappa shape index (κ2) is 7.66. The van der Waals surface area contributed by atoms with Gasteiger partial charge in [-0.05, 0) is 54.0 Å². The van der Waals surface area contributed by atoms with Crippen molar-refractivity contribution < 1.29 is 13.9 Å². The van der Waals surface area contributed by atoms with Gasteiger partial charge in [0.05, 0.1) is 7.11 Å². The van der Waals surface area contributed by atoms with Crippen LogP contribution in [0, 0.1) is 5.82 Å². The van der Waals surface area contributed by atoms with Crippen molar-refractivity contribution in [3.63, 3.8) is 0 Å². The number of fused-ring (bicyclic) bond motifs is 1. The first kappa shape index (κ1) is 16.8. The highest BCUT2D eigenvalue weighted by Gasteiger charge is 2.05. The number of aromatic amines is 1. The van der Waals surface area contributed by atoms with Crippen LogP contribution in [0.2, 0.25) is 0 Å². The molecule has 0 aliphatic heterocycles. The number of H-pyrrole nitrogens is 1. The van der Waals surface area contributed by atoms with Crippen LogP contribution in [0.4, 0.5) is 4.39 Å². The third kappa shape index (κ3) is 4.26. The summed E-state index contributed by atoms with van der Waals surface area (Å²) in [5, 5.41) is 3.68. The van der Waals surface area contributed by atoms with Crippen LogP contribution in [0.3, 0.4) is 0 Å². The fourth-order valence-corrected chi connectivity index (χ4v) is 2.65. The molecule has 3 rings (SSSR count). The average Bonchev–Trinajstić information content (AvgIpc) is 3.02. The Kier molecular flexibility index (Phi) is 5.14. The quantitative estimate of drug-likeness (QED) is 0.674. The maximum absolute atomic E-state index is 13.4. The Balaban J connectivity index is 1.55. The summed E-state index contributed by atoms with van der Waals surface area (Å²) < 4.78 is 18.5. The van der Waals surface area contributed by atoms with Gasteiger partial charge in [0, 0.05) is 29.7 Å². The number of carbonyl (C=O) groups excluding carboxylic acids is 1. The molecule has 4 nitrogen and oxygen atoms in total. The summed E-state index contributed by atoms with van der Waals surface area (Å²) in [5.74, 6) is 0.307. The predicted octanol–water partition coefficient (Wildman–Crippen LogP) is 3.69. The molecule has 25 heavy (non-hydrogen) atoms. The van der Waals surface area contributed by atoms with Gasteiger partial charge in [0.15, 0.2) is 0 Å². The Labute approximate surface area is 145 Å². The summed E-state index contributed by atoms with van der Waals surface area (Å²) in [4.78, 5) is 15.0.